The maximum atomic E-state index is 12.6. The molecule has 29 heavy (non-hydrogen) atoms. The molecule has 0 aliphatic carbocycles. The van der Waals surface area contributed by atoms with Crippen LogP contribution in [0.5, 0.6) is 11.5 Å². The first kappa shape index (κ1) is 21.0. The largest absolute Gasteiger partial charge is 0.493 e. The van der Waals surface area contributed by atoms with Crippen LogP contribution >= 0.6 is 11.6 Å². The molecule has 0 aromatic heterocycles. The number of carbonyl (C=O) groups excluding carboxylic acids is 2. The standard InChI is InChI=1S/C22H25ClN2O4/c1-28-19-12-16-9-11-25(14-17(16)13-20(19)29-2)21(26)4-3-10-24-22(27)15-5-7-18(23)8-6-15/h5-8,12-13H,3-4,9-11,14H2,1-2H3,(H,24,27). The Morgan fingerprint density at radius 3 is 2.38 bits per heavy atom. The van der Waals surface area contributed by atoms with Crippen molar-refractivity contribution in [3.8, 4) is 11.5 Å². The van der Waals surface area contributed by atoms with Gasteiger partial charge >= 0.3 is 0 Å². The third kappa shape index (κ3) is 5.21. The van der Waals surface area contributed by atoms with Gasteiger partial charge in [-0.2, -0.15) is 0 Å². The molecule has 0 unspecified atom stereocenters. The van der Waals surface area contributed by atoms with Gasteiger partial charge in [-0.15, -0.1) is 0 Å². The molecule has 2 amide bonds. The summed E-state index contributed by atoms with van der Waals surface area (Å²) in [4.78, 5) is 26.5. The Morgan fingerprint density at radius 1 is 1.07 bits per heavy atom. The SMILES string of the molecule is COc1cc2c(cc1OC)CN(C(=O)CCCNC(=O)c1ccc(Cl)cc1)CC2. The summed E-state index contributed by atoms with van der Waals surface area (Å²) in [7, 11) is 3.23. The summed E-state index contributed by atoms with van der Waals surface area (Å²) in [6.45, 7) is 1.69. The smallest absolute Gasteiger partial charge is 0.251 e. The van der Waals surface area contributed by atoms with E-state index >= 15 is 0 Å². The zero-order chi connectivity index (χ0) is 20.8. The second kappa shape index (κ2) is 9.65. The van der Waals surface area contributed by atoms with Gasteiger partial charge in [0.1, 0.15) is 0 Å². The van der Waals surface area contributed by atoms with Crippen molar-refractivity contribution in [2.24, 2.45) is 0 Å². The zero-order valence-corrected chi connectivity index (χ0v) is 17.4. The Balaban J connectivity index is 1.48. The molecular weight excluding hydrogens is 392 g/mol. The topological polar surface area (TPSA) is 67.9 Å². The van der Waals surface area contributed by atoms with E-state index in [0.717, 1.165) is 12.0 Å². The molecular formula is C22H25ClN2O4. The molecule has 0 bridgehead atoms. The highest BCUT2D eigenvalue weighted by Crippen LogP contribution is 2.33. The molecule has 0 fully saturated rings. The Labute approximate surface area is 175 Å². The number of fused-ring (bicyclic) bond motifs is 1. The van der Waals surface area contributed by atoms with Crippen molar-refractivity contribution in [3.63, 3.8) is 0 Å². The van der Waals surface area contributed by atoms with E-state index in [4.69, 9.17) is 21.1 Å². The van der Waals surface area contributed by atoms with Gasteiger partial charge in [-0.3, -0.25) is 9.59 Å². The molecule has 6 nitrogen and oxygen atoms in total. The minimum Gasteiger partial charge on any atom is -0.493 e. The van der Waals surface area contributed by atoms with Gasteiger partial charge in [-0.25, -0.2) is 0 Å². The first-order valence-electron chi connectivity index (χ1n) is 9.57. The number of ether oxygens (including phenoxy) is 2. The number of nitrogens with one attached hydrogen (secondary N) is 1. The number of halogens is 1. The summed E-state index contributed by atoms with van der Waals surface area (Å²) in [5.41, 5.74) is 2.82. The lowest BCUT2D eigenvalue weighted by Crippen LogP contribution is -2.36. The highest BCUT2D eigenvalue weighted by molar-refractivity contribution is 6.30. The van der Waals surface area contributed by atoms with Crippen LogP contribution in [0.3, 0.4) is 0 Å². The third-order valence-electron chi connectivity index (χ3n) is 5.03. The normalized spacial score (nSPS) is 12.9. The van der Waals surface area contributed by atoms with Crippen molar-refractivity contribution < 1.29 is 19.1 Å². The fourth-order valence-corrected chi connectivity index (χ4v) is 3.53. The van der Waals surface area contributed by atoms with Gasteiger partial charge < -0.3 is 19.7 Å². The zero-order valence-electron chi connectivity index (χ0n) is 16.7. The van der Waals surface area contributed by atoms with E-state index < -0.39 is 0 Å². The number of benzene rings is 2. The average Bonchev–Trinajstić information content (AvgIpc) is 2.75. The molecule has 0 radical (unpaired) electrons. The molecule has 7 heteroatoms. The van der Waals surface area contributed by atoms with Crippen molar-refractivity contribution in [2.75, 3.05) is 27.3 Å². The summed E-state index contributed by atoms with van der Waals surface area (Å²) in [5.74, 6) is 1.31. The number of methoxy groups -OCH3 is 2. The van der Waals surface area contributed by atoms with Gasteiger partial charge in [0.2, 0.25) is 5.91 Å². The summed E-state index contributed by atoms with van der Waals surface area (Å²) < 4.78 is 10.7. The summed E-state index contributed by atoms with van der Waals surface area (Å²) in [6.07, 6.45) is 1.77. The van der Waals surface area contributed by atoms with E-state index in [1.807, 2.05) is 17.0 Å². The van der Waals surface area contributed by atoms with Gasteiger partial charge in [0, 0.05) is 36.6 Å². The molecule has 2 aromatic carbocycles. The highest BCUT2D eigenvalue weighted by atomic mass is 35.5. The molecule has 1 heterocycles. The molecule has 154 valence electrons. The maximum Gasteiger partial charge on any atom is 0.251 e. The van der Waals surface area contributed by atoms with Gasteiger partial charge in [0.05, 0.1) is 14.2 Å². The Bertz CT molecular complexity index is 883. The second-order valence-electron chi connectivity index (χ2n) is 6.91. The minimum absolute atomic E-state index is 0.0891. The predicted octanol–water partition coefficient (Wildman–Crippen LogP) is 3.45. The van der Waals surface area contributed by atoms with E-state index in [1.165, 1.54) is 5.56 Å². The fraction of sp³-hybridized carbons (Fsp3) is 0.364. The predicted molar refractivity (Wildman–Crippen MR) is 112 cm³/mol. The molecule has 2 aromatic rings. The van der Waals surface area contributed by atoms with Crippen molar-refractivity contribution in [2.45, 2.75) is 25.8 Å². The van der Waals surface area contributed by atoms with Crippen molar-refractivity contribution in [1.82, 2.24) is 10.2 Å². The van der Waals surface area contributed by atoms with Crippen LogP contribution in [-0.2, 0) is 17.8 Å². The van der Waals surface area contributed by atoms with E-state index in [0.29, 0.717) is 54.6 Å². The van der Waals surface area contributed by atoms with Crippen LogP contribution in [-0.4, -0.2) is 44.0 Å². The molecule has 1 aliphatic rings. The molecule has 0 saturated heterocycles. The van der Waals surface area contributed by atoms with Crippen LogP contribution in [0.2, 0.25) is 5.02 Å². The first-order chi connectivity index (χ1) is 14.0. The average molecular weight is 417 g/mol. The Kier molecular flexibility index (Phi) is 6.99. The highest BCUT2D eigenvalue weighted by Gasteiger charge is 2.22. The lowest BCUT2D eigenvalue weighted by molar-refractivity contribution is -0.132. The summed E-state index contributed by atoms with van der Waals surface area (Å²) in [5, 5.41) is 3.43. The number of amides is 2. The lowest BCUT2D eigenvalue weighted by atomic mass is 9.98. The molecule has 1 aliphatic heterocycles. The molecule has 0 spiro atoms. The number of nitrogens with zero attached hydrogens (tertiary/aromatic N) is 1. The van der Waals surface area contributed by atoms with E-state index in [2.05, 4.69) is 5.32 Å². The maximum absolute atomic E-state index is 12.6. The van der Waals surface area contributed by atoms with Gasteiger partial charge in [0.25, 0.3) is 5.91 Å². The number of carbonyl (C=O) groups is 2. The number of rotatable bonds is 7. The van der Waals surface area contributed by atoms with Crippen LogP contribution in [0, 0.1) is 0 Å². The minimum atomic E-state index is -0.165. The quantitative estimate of drug-likeness (QED) is 0.702. The van der Waals surface area contributed by atoms with Crippen LogP contribution in [0.1, 0.15) is 34.3 Å². The molecule has 0 atom stereocenters. The molecule has 3 rings (SSSR count). The number of hydrogen-bond donors (Lipinski definition) is 1. The Morgan fingerprint density at radius 2 is 1.72 bits per heavy atom. The van der Waals surface area contributed by atoms with Crippen molar-refractivity contribution >= 4 is 23.4 Å². The van der Waals surface area contributed by atoms with Crippen LogP contribution < -0.4 is 14.8 Å². The third-order valence-corrected chi connectivity index (χ3v) is 5.28. The van der Waals surface area contributed by atoms with Gasteiger partial charge in [-0.1, -0.05) is 11.6 Å². The van der Waals surface area contributed by atoms with Gasteiger partial charge in [0.15, 0.2) is 11.5 Å². The fourth-order valence-electron chi connectivity index (χ4n) is 3.40. The van der Waals surface area contributed by atoms with Gasteiger partial charge in [-0.05, 0) is 60.4 Å². The van der Waals surface area contributed by atoms with E-state index in [1.54, 1.807) is 38.5 Å². The molecule has 0 saturated carbocycles. The van der Waals surface area contributed by atoms with E-state index in [-0.39, 0.29) is 11.8 Å². The van der Waals surface area contributed by atoms with Crippen LogP contribution in [0.4, 0.5) is 0 Å². The summed E-state index contributed by atoms with van der Waals surface area (Å²) >= 11 is 5.83. The summed E-state index contributed by atoms with van der Waals surface area (Å²) in [6, 6.07) is 10.6. The Hall–Kier alpha value is -2.73. The molecule has 1 N–H and O–H groups in total. The van der Waals surface area contributed by atoms with Crippen LogP contribution in [0.25, 0.3) is 0 Å². The number of hydrogen-bond acceptors (Lipinski definition) is 4. The monoisotopic (exact) mass is 416 g/mol. The first-order valence-corrected chi connectivity index (χ1v) is 9.95. The van der Waals surface area contributed by atoms with E-state index in [9.17, 15) is 9.59 Å². The van der Waals surface area contributed by atoms with Crippen LogP contribution in [0.15, 0.2) is 36.4 Å². The van der Waals surface area contributed by atoms with Crippen molar-refractivity contribution in [1.29, 1.82) is 0 Å². The van der Waals surface area contributed by atoms with Crippen molar-refractivity contribution in [3.05, 3.63) is 58.1 Å². The lowest BCUT2D eigenvalue weighted by Gasteiger charge is -2.29. The second-order valence-corrected chi connectivity index (χ2v) is 7.34.